The van der Waals surface area contributed by atoms with Gasteiger partial charge in [-0.05, 0) is 18.8 Å². The van der Waals surface area contributed by atoms with E-state index in [0.717, 1.165) is 0 Å². The Bertz CT molecular complexity index is 408. The second-order valence-electron chi connectivity index (χ2n) is 5.25. The summed E-state index contributed by atoms with van der Waals surface area (Å²) in [6.07, 6.45) is -5.81. The minimum Gasteiger partial charge on any atom is -0.464 e. The van der Waals surface area contributed by atoms with E-state index < -0.39 is 30.0 Å². The molecule has 1 atom stereocenters. The van der Waals surface area contributed by atoms with Gasteiger partial charge in [0.15, 0.2) is 0 Å². The quantitative estimate of drug-likeness (QED) is 0.591. The maximum atomic E-state index is 13.1. The van der Waals surface area contributed by atoms with E-state index in [2.05, 4.69) is 0 Å². The van der Waals surface area contributed by atoms with Crippen LogP contribution in [0.5, 0.6) is 0 Å². The molecule has 0 N–H and O–H groups in total. The molecule has 0 bridgehead atoms. The van der Waals surface area contributed by atoms with Gasteiger partial charge < -0.3 is 9.64 Å². The Kier molecular flexibility index (Phi) is 5.16. The predicted molar refractivity (Wildman–Crippen MR) is 61.5 cm³/mol. The molecule has 122 valence electrons. The van der Waals surface area contributed by atoms with Gasteiger partial charge in [-0.2, -0.15) is 22.0 Å². The van der Waals surface area contributed by atoms with Gasteiger partial charge in [0.05, 0.1) is 6.61 Å². The maximum Gasteiger partial charge on any atom is 0.463 e. The van der Waals surface area contributed by atoms with Gasteiger partial charge >= 0.3 is 24.0 Å². The number of esters is 1. The maximum absolute atomic E-state index is 13.1. The van der Waals surface area contributed by atoms with Crippen LogP contribution in [0.1, 0.15) is 26.7 Å². The number of ether oxygens (including phenoxy) is 1. The largest absolute Gasteiger partial charge is 0.464 e. The molecule has 0 saturated carbocycles. The van der Waals surface area contributed by atoms with Gasteiger partial charge in [-0.3, -0.25) is 4.79 Å². The third-order valence-electron chi connectivity index (χ3n) is 2.97. The Morgan fingerprint density at radius 3 is 2.29 bits per heavy atom. The number of carbonyl (C=O) groups excluding carboxylic acids is 2. The Morgan fingerprint density at radius 1 is 1.24 bits per heavy atom. The molecule has 1 fully saturated rings. The van der Waals surface area contributed by atoms with E-state index in [-0.39, 0.29) is 36.8 Å². The first-order chi connectivity index (χ1) is 9.48. The number of nitrogens with zero attached hydrogens (tertiary/aromatic N) is 1. The van der Waals surface area contributed by atoms with Crippen LogP contribution in [0.3, 0.4) is 0 Å². The lowest BCUT2D eigenvalue weighted by Crippen LogP contribution is -2.55. The van der Waals surface area contributed by atoms with Gasteiger partial charge in [0.2, 0.25) is 0 Å². The van der Waals surface area contributed by atoms with Crippen LogP contribution in [-0.2, 0) is 14.3 Å². The monoisotopic (exact) mass is 317 g/mol. The number of rotatable bonds is 4. The molecule has 1 unspecified atom stereocenters. The number of likely N-dealkylation sites (tertiary alicyclic amines) is 1. The van der Waals surface area contributed by atoms with E-state index >= 15 is 0 Å². The Balaban J connectivity index is 2.82. The number of halogens is 5. The molecule has 1 saturated heterocycles. The summed E-state index contributed by atoms with van der Waals surface area (Å²) < 4.78 is 67.5. The molecule has 1 rings (SSSR count). The lowest BCUT2D eigenvalue weighted by atomic mass is 10.2. The molecule has 0 aliphatic carbocycles. The van der Waals surface area contributed by atoms with Crippen LogP contribution in [0.2, 0.25) is 0 Å². The van der Waals surface area contributed by atoms with Crippen molar-refractivity contribution in [3.05, 3.63) is 0 Å². The molecule has 0 aromatic heterocycles. The minimum atomic E-state index is -5.99. The summed E-state index contributed by atoms with van der Waals surface area (Å²) in [5, 5.41) is 0. The molecular weight excluding hydrogens is 301 g/mol. The summed E-state index contributed by atoms with van der Waals surface area (Å²) in [4.78, 5) is 23.4. The summed E-state index contributed by atoms with van der Waals surface area (Å²) >= 11 is 0. The van der Waals surface area contributed by atoms with Gasteiger partial charge in [-0.15, -0.1) is 0 Å². The molecule has 0 spiro atoms. The van der Waals surface area contributed by atoms with Crippen LogP contribution >= 0.6 is 0 Å². The standard InChI is InChI=1S/C12H16F5NO3/c1-7(2)6-21-9(19)8-4-3-5-18(8)10(20)11(13,14)12(15,16)17/h7-8H,3-6H2,1-2H3. The van der Waals surface area contributed by atoms with Crippen molar-refractivity contribution in [2.24, 2.45) is 5.92 Å². The number of alkyl halides is 5. The number of amides is 1. The van der Waals surface area contributed by atoms with Crippen molar-refractivity contribution in [1.29, 1.82) is 0 Å². The first-order valence-electron chi connectivity index (χ1n) is 6.40. The lowest BCUT2D eigenvalue weighted by molar-refractivity contribution is -0.274. The fourth-order valence-electron chi connectivity index (χ4n) is 1.90. The van der Waals surface area contributed by atoms with Crippen molar-refractivity contribution in [2.45, 2.75) is 44.8 Å². The average Bonchev–Trinajstić information content (AvgIpc) is 2.82. The van der Waals surface area contributed by atoms with Crippen LogP contribution in [0.15, 0.2) is 0 Å². The van der Waals surface area contributed by atoms with Gasteiger partial charge in [0, 0.05) is 6.54 Å². The zero-order valence-corrected chi connectivity index (χ0v) is 11.5. The molecule has 21 heavy (non-hydrogen) atoms. The molecule has 0 aromatic carbocycles. The van der Waals surface area contributed by atoms with Crippen molar-refractivity contribution < 1.29 is 36.3 Å². The van der Waals surface area contributed by atoms with Crippen LogP contribution in [0.4, 0.5) is 22.0 Å². The lowest BCUT2D eigenvalue weighted by Gasteiger charge is -2.28. The molecule has 9 heteroatoms. The van der Waals surface area contributed by atoms with E-state index in [9.17, 15) is 31.5 Å². The molecule has 0 radical (unpaired) electrons. The molecular formula is C12H16F5NO3. The third-order valence-corrected chi connectivity index (χ3v) is 2.97. The summed E-state index contributed by atoms with van der Waals surface area (Å²) in [5.74, 6) is -8.88. The van der Waals surface area contributed by atoms with Gasteiger partial charge in [0.25, 0.3) is 0 Å². The fourth-order valence-corrected chi connectivity index (χ4v) is 1.90. The summed E-state index contributed by atoms with van der Waals surface area (Å²) in [5.41, 5.74) is 0. The SMILES string of the molecule is CC(C)COC(=O)C1CCCN1C(=O)C(F)(F)C(F)(F)F. The smallest absolute Gasteiger partial charge is 0.463 e. The van der Waals surface area contributed by atoms with Gasteiger partial charge in [-0.25, -0.2) is 4.79 Å². The van der Waals surface area contributed by atoms with E-state index in [1.807, 2.05) is 0 Å². The summed E-state index contributed by atoms with van der Waals surface area (Å²) in [6.45, 7) is 3.16. The second kappa shape index (κ2) is 6.15. The highest BCUT2D eigenvalue weighted by Crippen LogP contribution is 2.38. The Hall–Kier alpha value is -1.41. The van der Waals surface area contributed by atoms with Crippen LogP contribution in [-0.4, -0.2) is 48.1 Å². The minimum absolute atomic E-state index is 0.00697. The predicted octanol–water partition coefficient (Wildman–Crippen LogP) is 2.37. The van der Waals surface area contributed by atoms with Crippen molar-refractivity contribution in [1.82, 2.24) is 4.90 Å². The van der Waals surface area contributed by atoms with E-state index in [0.29, 0.717) is 0 Å². The van der Waals surface area contributed by atoms with Crippen molar-refractivity contribution in [3.8, 4) is 0 Å². The molecule has 0 aromatic rings. The van der Waals surface area contributed by atoms with E-state index in [1.165, 1.54) is 0 Å². The Morgan fingerprint density at radius 2 is 1.81 bits per heavy atom. The van der Waals surface area contributed by atoms with E-state index in [4.69, 9.17) is 4.74 Å². The van der Waals surface area contributed by atoms with Crippen LogP contribution in [0, 0.1) is 5.92 Å². The number of hydrogen-bond acceptors (Lipinski definition) is 3. The van der Waals surface area contributed by atoms with Crippen molar-refractivity contribution >= 4 is 11.9 Å². The van der Waals surface area contributed by atoms with Crippen molar-refractivity contribution in [3.63, 3.8) is 0 Å². The normalized spacial score (nSPS) is 20.0. The van der Waals surface area contributed by atoms with Crippen LogP contribution < -0.4 is 0 Å². The van der Waals surface area contributed by atoms with Crippen LogP contribution in [0.25, 0.3) is 0 Å². The Labute approximate surface area is 118 Å². The topological polar surface area (TPSA) is 46.6 Å². The molecule has 1 aliphatic rings. The first kappa shape index (κ1) is 17.6. The summed E-state index contributed by atoms with van der Waals surface area (Å²) in [6, 6.07) is -1.38. The highest BCUT2D eigenvalue weighted by atomic mass is 19.4. The third kappa shape index (κ3) is 3.82. The number of carbonyl (C=O) groups is 2. The van der Waals surface area contributed by atoms with Gasteiger partial charge in [0.1, 0.15) is 6.04 Å². The first-order valence-corrected chi connectivity index (χ1v) is 6.40. The second-order valence-corrected chi connectivity index (χ2v) is 5.25. The highest BCUT2D eigenvalue weighted by molar-refractivity contribution is 5.89. The number of hydrogen-bond donors (Lipinski definition) is 0. The van der Waals surface area contributed by atoms with E-state index in [1.54, 1.807) is 13.8 Å². The zero-order chi connectivity index (χ0) is 16.4. The highest BCUT2D eigenvalue weighted by Gasteiger charge is 2.65. The molecule has 1 aliphatic heterocycles. The molecule has 1 heterocycles. The molecule has 4 nitrogen and oxygen atoms in total. The average molecular weight is 317 g/mol. The van der Waals surface area contributed by atoms with Crippen molar-refractivity contribution in [2.75, 3.05) is 13.2 Å². The zero-order valence-electron chi connectivity index (χ0n) is 11.5. The van der Waals surface area contributed by atoms with Gasteiger partial charge in [-0.1, -0.05) is 13.8 Å². The fraction of sp³-hybridized carbons (Fsp3) is 0.833. The summed E-state index contributed by atoms with van der Waals surface area (Å²) in [7, 11) is 0. The molecule has 1 amide bonds.